The highest BCUT2D eigenvalue weighted by atomic mass is 16.2. The number of nitrogens with zero attached hydrogens (tertiary/aromatic N) is 5. The lowest BCUT2D eigenvalue weighted by Gasteiger charge is -2.12. The minimum atomic E-state index is -0.264. The molecule has 0 aliphatic carbocycles. The summed E-state index contributed by atoms with van der Waals surface area (Å²) >= 11 is 0. The fraction of sp³-hybridized carbons (Fsp3) is 0.235. The zero-order chi connectivity index (χ0) is 18.0. The summed E-state index contributed by atoms with van der Waals surface area (Å²) in [4.78, 5) is 24.2. The lowest BCUT2D eigenvalue weighted by Crippen LogP contribution is -2.35. The van der Waals surface area contributed by atoms with Gasteiger partial charge in [0.1, 0.15) is 0 Å². The third kappa shape index (κ3) is 3.63. The number of aromatic nitrogens is 5. The fourth-order valence-corrected chi connectivity index (χ4v) is 2.59. The van der Waals surface area contributed by atoms with Gasteiger partial charge < -0.3 is 0 Å². The molecule has 1 aromatic carbocycles. The van der Waals surface area contributed by atoms with Gasteiger partial charge in [-0.1, -0.05) is 12.1 Å². The van der Waals surface area contributed by atoms with Crippen LogP contribution in [0.4, 0.5) is 0 Å². The second kappa shape index (κ2) is 6.68. The molecule has 8 nitrogen and oxygen atoms in total. The molecule has 0 radical (unpaired) electrons. The van der Waals surface area contributed by atoms with Gasteiger partial charge >= 0.3 is 0 Å². The van der Waals surface area contributed by atoms with Crippen LogP contribution in [0.15, 0.2) is 41.2 Å². The second-order valence-corrected chi connectivity index (χ2v) is 5.86. The Morgan fingerprint density at radius 2 is 1.84 bits per heavy atom. The van der Waals surface area contributed by atoms with Crippen molar-refractivity contribution in [1.29, 1.82) is 0 Å². The number of aryl methyl sites for hydroxylation is 3. The number of pyridine rings is 1. The summed E-state index contributed by atoms with van der Waals surface area (Å²) in [6.45, 7) is 5.43. The molecule has 2 heterocycles. The molecule has 1 N–H and O–H groups in total. The van der Waals surface area contributed by atoms with Gasteiger partial charge in [-0.3, -0.25) is 15.0 Å². The molecule has 1 amide bonds. The van der Waals surface area contributed by atoms with Crippen LogP contribution in [-0.4, -0.2) is 30.8 Å². The Balaban J connectivity index is 1.72. The van der Waals surface area contributed by atoms with E-state index in [1.54, 1.807) is 11.6 Å². The van der Waals surface area contributed by atoms with Gasteiger partial charge in [0.15, 0.2) is 5.82 Å². The second-order valence-electron chi connectivity index (χ2n) is 5.86. The highest BCUT2D eigenvalue weighted by molar-refractivity contribution is 5.85. The summed E-state index contributed by atoms with van der Waals surface area (Å²) < 4.78 is 2.87. The van der Waals surface area contributed by atoms with Crippen molar-refractivity contribution in [2.45, 2.75) is 27.2 Å². The number of hydrogen-bond acceptors (Lipinski definition) is 5. The molecule has 0 fully saturated rings. The lowest BCUT2D eigenvalue weighted by molar-refractivity contribution is -0.116. The maximum Gasteiger partial charge on any atom is 0.269 e. The summed E-state index contributed by atoms with van der Waals surface area (Å²) in [5, 5.41) is 11.3. The first-order valence-corrected chi connectivity index (χ1v) is 7.78. The van der Waals surface area contributed by atoms with Crippen molar-refractivity contribution < 1.29 is 4.79 Å². The Kier molecular flexibility index (Phi) is 4.42. The van der Waals surface area contributed by atoms with E-state index in [1.807, 2.05) is 44.2 Å². The summed E-state index contributed by atoms with van der Waals surface area (Å²) in [7, 11) is 0. The Bertz CT molecular complexity index is 972. The van der Waals surface area contributed by atoms with E-state index in [2.05, 4.69) is 21.0 Å². The molecule has 0 aliphatic rings. The summed E-state index contributed by atoms with van der Waals surface area (Å²) in [5.74, 6) is 0.417. The predicted molar refractivity (Wildman–Crippen MR) is 92.1 cm³/mol. The molecule has 0 saturated heterocycles. The largest absolute Gasteiger partial charge is 0.273 e. The summed E-state index contributed by atoms with van der Waals surface area (Å²) in [6, 6.07) is 10.7. The molecule has 0 bridgehead atoms. The van der Waals surface area contributed by atoms with Crippen molar-refractivity contribution >= 4 is 5.91 Å². The number of rotatable bonds is 4. The molecular formula is C17H18N6O2. The van der Waals surface area contributed by atoms with E-state index >= 15 is 0 Å². The van der Waals surface area contributed by atoms with E-state index in [0.29, 0.717) is 11.5 Å². The number of carbonyl (C=O) groups excluding carboxylic acids is 1. The first-order valence-electron chi connectivity index (χ1n) is 7.78. The van der Waals surface area contributed by atoms with E-state index in [9.17, 15) is 9.59 Å². The maximum atomic E-state index is 12.2. The van der Waals surface area contributed by atoms with Crippen LogP contribution >= 0.6 is 0 Å². The van der Waals surface area contributed by atoms with E-state index in [4.69, 9.17) is 0 Å². The van der Waals surface area contributed by atoms with E-state index in [1.165, 1.54) is 10.7 Å². The molecule has 25 heavy (non-hydrogen) atoms. The van der Waals surface area contributed by atoms with Crippen LogP contribution in [0, 0.1) is 20.8 Å². The smallest absolute Gasteiger partial charge is 0.269 e. The monoisotopic (exact) mass is 338 g/mol. The molecule has 0 aliphatic heterocycles. The van der Waals surface area contributed by atoms with E-state index < -0.39 is 0 Å². The summed E-state index contributed by atoms with van der Waals surface area (Å²) in [6.07, 6.45) is 0.161. The van der Waals surface area contributed by atoms with Crippen molar-refractivity contribution in [3.8, 4) is 5.69 Å². The third-order valence-electron chi connectivity index (χ3n) is 3.77. The Labute approximate surface area is 144 Å². The highest BCUT2D eigenvalue weighted by Gasteiger charge is 2.09. The van der Waals surface area contributed by atoms with Crippen LogP contribution in [0.3, 0.4) is 0 Å². The molecular weight excluding hydrogens is 320 g/mol. The van der Waals surface area contributed by atoms with Crippen LogP contribution in [0.25, 0.3) is 5.69 Å². The van der Waals surface area contributed by atoms with Crippen LogP contribution in [0.2, 0.25) is 0 Å². The molecule has 2 aromatic heterocycles. The molecule has 0 saturated carbocycles. The van der Waals surface area contributed by atoms with Crippen LogP contribution < -0.4 is 11.0 Å². The normalized spacial score (nSPS) is 10.7. The molecule has 0 spiro atoms. The number of tetrazole rings is 1. The minimum absolute atomic E-state index is 0.161. The number of benzene rings is 1. The molecule has 0 unspecified atom stereocenters. The van der Waals surface area contributed by atoms with Gasteiger partial charge in [0, 0.05) is 11.8 Å². The van der Waals surface area contributed by atoms with Gasteiger partial charge in [0.05, 0.1) is 12.1 Å². The van der Waals surface area contributed by atoms with Gasteiger partial charge in [-0.05, 0) is 60.5 Å². The van der Waals surface area contributed by atoms with Crippen LogP contribution in [-0.2, 0) is 11.2 Å². The van der Waals surface area contributed by atoms with Gasteiger partial charge in [-0.25, -0.2) is 4.68 Å². The van der Waals surface area contributed by atoms with E-state index in [0.717, 1.165) is 16.8 Å². The number of nitrogens with one attached hydrogen (secondary N) is 1. The summed E-state index contributed by atoms with van der Waals surface area (Å²) in [5.41, 5.74) is 5.57. The fourth-order valence-electron chi connectivity index (χ4n) is 2.59. The molecule has 8 heteroatoms. The quantitative estimate of drug-likeness (QED) is 0.767. The lowest BCUT2D eigenvalue weighted by atomic mass is 10.1. The van der Waals surface area contributed by atoms with Crippen LogP contribution in [0.5, 0.6) is 0 Å². The standard InChI is InChI=1S/C17H18N6O2/c1-11-8-12(2)22(17(25)9-11)19-16(24)10-14-4-6-15(7-5-14)23-13(3)18-20-21-23/h4-9H,10H2,1-3H3,(H,19,24). The molecule has 0 atom stereocenters. The predicted octanol–water partition coefficient (Wildman–Crippen LogP) is 1.06. The highest BCUT2D eigenvalue weighted by Crippen LogP contribution is 2.10. The van der Waals surface area contributed by atoms with Crippen LogP contribution in [0.1, 0.15) is 22.6 Å². The van der Waals surface area contributed by atoms with Gasteiger partial charge in [0.2, 0.25) is 5.91 Å². The van der Waals surface area contributed by atoms with E-state index in [-0.39, 0.29) is 17.9 Å². The molecule has 3 aromatic rings. The first kappa shape index (κ1) is 16.6. The Hall–Kier alpha value is -3.29. The number of carbonyl (C=O) groups is 1. The molecule has 128 valence electrons. The zero-order valence-electron chi connectivity index (χ0n) is 14.2. The van der Waals surface area contributed by atoms with Gasteiger partial charge in [-0.15, -0.1) is 5.10 Å². The number of amides is 1. The topological polar surface area (TPSA) is 94.7 Å². The minimum Gasteiger partial charge on any atom is -0.273 e. The molecule has 3 rings (SSSR count). The van der Waals surface area contributed by atoms with Gasteiger partial charge in [-0.2, -0.15) is 4.68 Å². The first-order chi connectivity index (χ1) is 11.9. The van der Waals surface area contributed by atoms with Crippen molar-refractivity contribution in [2.75, 3.05) is 5.43 Å². The average Bonchev–Trinajstić information content (AvgIpc) is 2.98. The average molecular weight is 338 g/mol. The Morgan fingerprint density at radius 1 is 1.12 bits per heavy atom. The SMILES string of the molecule is Cc1cc(C)n(NC(=O)Cc2ccc(-n3nnnc3C)cc2)c(=O)c1. The van der Waals surface area contributed by atoms with Crippen molar-refractivity contribution in [2.24, 2.45) is 0 Å². The number of hydrogen-bond donors (Lipinski definition) is 1. The Morgan fingerprint density at radius 3 is 2.44 bits per heavy atom. The van der Waals surface area contributed by atoms with Crippen molar-refractivity contribution in [3.63, 3.8) is 0 Å². The van der Waals surface area contributed by atoms with Crippen molar-refractivity contribution in [1.82, 2.24) is 24.9 Å². The third-order valence-corrected chi connectivity index (χ3v) is 3.77. The van der Waals surface area contributed by atoms with Crippen molar-refractivity contribution in [3.05, 3.63) is 69.4 Å². The van der Waals surface area contributed by atoms with Gasteiger partial charge in [0.25, 0.3) is 5.56 Å². The zero-order valence-corrected chi connectivity index (χ0v) is 14.2. The maximum absolute atomic E-state index is 12.2.